The summed E-state index contributed by atoms with van der Waals surface area (Å²) in [7, 11) is 0. The summed E-state index contributed by atoms with van der Waals surface area (Å²) in [5.74, 6) is -1.47. The highest BCUT2D eigenvalue weighted by atomic mass is 16.5. The largest absolute Gasteiger partial charge is 0.459 e. The number of aliphatic hydroxyl groups is 1. The first-order valence-corrected chi connectivity index (χ1v) is 12.6. The second-order valence-electron chi connectivity index (χ2n) is 9.58. The van der Waals surface area contributed by atoms with Crippen molar-refractivity contribution in [2.45, 2.75) is 39.0 Å². The van der Waals surface area contributed by atoms with Crippen LogP contribution in [0.1, 0.15) is 25.0 Å². The van der Waals surface area contributed by atoms with Crippen molar-refractivity contribution < 1.29 is 24.2 Å². The Morgan fingerprint density at radius 2 is 1.42 bits per heavy atom. The summed E-state index contributed by atoms with van der Waals surface area (Å²) in [6.45, 7) is 3.79. The average Bonchev–Trinajstić information content (AvgIpc) is 2.92. The molecule has 8 nitrogen and oxygen atoms in total. The number of hydrogen-bond acceptors (Lipinski definition) is 5. The van der Waals surface area contributed by atoms with Crippen molar-refractivity contribution in [2.24, 2.45) is 11.7 Å². The van der Waals surface area contributed by atoms with Gasteiger partial charge in [-0.15, -0.1) is 0 Å². The highest BCUT2D eigenvalue weighted by Crippen LogP contribution is 2.20. The number of urea groups is 1. The molecule has 0 spiro atoms. The van der Waals surface area contributed by atoms with Gasteiger partial charge in [0.1, 0.15) is 12.6 Å². The number of nitrogens with two attached hydrogens (primary N) is 1. The second kappa shape index (κ2) is 13.9. The van der Waals surface area contributed by atoms with Crippen LogP contribution in [0.4, 0.5) is 4.79 Å². The molecule has 200 valence electrons. The molecule has 0 bridgehead atoms. The van der Waals surface area contributed by atoms with Gasteiger partial charge in [0, 0.05) is 13.0 Å². The summed E-state index contributed by atoms with van der Waals surface area (Å²) in [6, 6.07) is 25.1. The Morgan fingerprint density at radius 1 is 0.842 bits per heavy atom. The molecule has 0 heterocycles. The predicted molar refractivity (Wildman–Crippen MR) is 146 cm³/mol. The maximum absolute atomic E-state index is 13.1. The predicted octanol–water partition coefficient (Wildman–Crippen LogP) is 3.52. The standard InChI is InChI=1S/C30H35N3O5/c1-21(2)18-33(19-27(34)29(36)38-20-23-9-5-3-6-10-23)30(37)32-26(28(31)35)17-22-13-15-25(16-14-22)24-11-7-4-8-12-24/h3-16,21,26-27,34H,17-20H2,1-2H3,(H2,31,35)(H,32,37)/t26-,27?/m0/s1. The fourth-order valence-electron chi connectivity index (χ4n) is 3.95. The van der Waals surface area contributed by atoms with Crippen molar-refractivity contribution in [1.29, 1.82) is 0 Å². The third-order valence-corrected chi connectivity index (χ3v) is 5.90. The summed E-state index contributed by atoms with van der Waals surface area (Å²) in [4.78, 5) is 38.9. The highest BCUT2D eigenvalue weighted by molar-refractivity contribution is 5.86. The third-order valence-electron chi connectivity index (χ3n) is 5.90. The number of carbonyl (C=O) groups is 3. The van der Waals surface area contributed by atoms with Gasteiger partial charge in [0.25, 0.3) is 0 Å². The van der Waals surface area contributed by atoms with Crippen LogP contribution in [0.3, 0.4) is 0 Å². The quantitative estimate of drug-likeness (QED) is 0.317. The van der Waals surface area contributed by atoms with Crippen molar-refractivity contribution in [3.05, 3.63) is 96.1 Å². The van der Waals surface area contributed by atoms with Gasteiger partial charge in [0.05, 0.1) is 6.54 Å². The number of primary amides is 1. The molecule has 3 aromatic carbocycles. The Kier molecular flexibility index (Phi) is 10.4. The topological polar surface area (TPSA) is 122 Å². The molecule has 1 unspecified atom stereocenters. The molecular weight excluding hydrogens is 482 g/mol. The Hall–Kier alpha value is -4.17. The molecule has 0 saturated carbocycles. The molecule has 0 fully saturated rings. The van der Waals surface area contributed by atoms with E-state index >= 15 is 0 Å². The summed E-state index contributed by atoms with van der Waals surface area (Å²) in [5, 5.41) is 13.1. The zero-order valence-corrected chi connectivity index (χ0v) is 21.7. The zero-order valence-electron chi connectivity index (χ0n) is 21.7. The molecule has 0 saturated heterocycles. The van der Waals surface area contributed by atoms with E-state index in [4.69, 9.17) is 10.5 Å². The first-order chi connectivity index (χ1) is 18.2. The van der Waals surface area contributed by atoms with E-state index in [-0.39, 0.29) is 32.0 Å². The highest BCUT2D eigenvalue weighted by Gasteiger charge is 2.27. The maximum Gasteiger partial charge on any atom is 0.337 e. The molecule has 0 aliphatic rings. The van der Waals surface area contributed by atoms with E-state index in [9.17, 15) is 19.5 Å². The number of nitrogens with zero attached hydrogens (tertiary/aromatic N) is 1. The average molecular weight is 518 g/mol. The van der Waals surface area contributed by atoms with Crippen LogP contribution >= 0.6 is 0 Å². The van der Waals surface area contributed by atoms with Gasteiger partial charge in [-0.25, -0.2) is 9.59 Å². The van der Waals surface area contributed by atoms with E-state index in [1.54, 1.807) is 12.1 Å². The molecule has 3 rings (SSSR count). The number of carbonyl (C=O) groups excluding carboxylic acids is 3. The number of esters is 1. The Bertz CT molecular complexity index is 1180. The summed E-state index contributed by atoms with van der Waals surface area (Å²) in [6.07, 6.45) is -1.34. The Morgan fingerprint density at radius 3 is 2.00 bits per heavy atom. The van der Waals surface area contributed by atoms with Gasteiger partial charge in [-0.1, -0.05) is 98.8 Å². The minimum absolute atomic E-state index is 0.0138. The van der Waals surface area contributed by atoms with E-state index in [0.29, 0.717) is 0 Å². The fraction of sp³-hybridized carbons (Fsp3) is 0.300. The molecule has 3 amide bonds. The van der Waals surface area contributed by atoms with Crippen LogP contribution in [-0.4, -0.2) is 53.1 Å². The molecule has 0 radical (unpaired) electrons. The number of ether oxygens (including phenoxy) is 1. The minimum atomic E-state index is -1.54. The van der Waals surface area contributed by atoms with Gasteiger partial charge in [-0.2, -0.15) is 0 Å². The van der Waals surface area contributed by atoms with Crippen LogP contribution in [0.15, 0.2) is 84.9 Å². The minimum Gasteiger partial charge on any atom is -0.459 e. The van der Waals surface area contributed by atoms with Crippen LogP contribution in [-0.2, 0) is 27.4 Å². The van der Waals surface area contributed by atoms with Gasteiger partial charge in [-0.3, -0.25) is 4.79 Å². The molecule has 8 heteroatoms. The van der Waals surface area contributed by atoms with E-state index in [1.807, 2.05) is 86.6 Å². The molecule has 0 aliphatic heterocycles. The second-order valence-corrected chi connectivity index (χ2v) is 9.58. The van der Waals surface area contributed by atoms with E-state index in [1.165, 1.54) is 4.90 Å². The fourth-order valence-corrected chi connectivity index (χ4v) is 3.95. The lowest BCUT2D eigenvalue weighted by molar-refractivity contribution is -0.155. The normalized spacial score (nSPS) is 12.4. The summed E-state index contributed by atoms with van der Waals surface area (Å²) >= 11 is 0. The number of nitrogens with one attached hydrogen (secondary N) is 1. The van der Waals surface area contributed by atoms with Gasteiger partial charge in [-0.05, 0) is 28.2 Å². The Labute approximate surface area is 223 Å². The molecule has 4 N–H and O–H groups in total. The first-order valence-electron chi connectivity index (χ1n) is 12.6. The first kappa shape index (κ1) is 28.4. The number of hydrogen-bond donors (Lipinski definition) is 3. The van der Waals surface area contributed by atoms with Crippen LogP contribution in [0.2, 0.25) is 0 Å². The molecule has 0 aliphatic carbocycles. The van der Waals surface area contributed by atoms with Crippen LogP contribution in [0.5, 0.6) is 0 Å². The smallest absolute Gasteiger partial charge is 0.337 e. The molecule has 2 atom stereocenters. The third kappa shape index (κ3) is 8.74. The lowest BCUT2D eigenvalue weighted by Crippen LogP contribution is -2.53. The number of benzene rings is 3. The SMILES string of the molecule is CC(C)CN(CC(O)C(=O)OCc1ccccc1)C(=O)N[C@@H](Cc1ccc(-c2ccccc2)cc1)C(N)=O. The van der Waals surface area contributed by atoms with Gasteiger partial charge >= 0.3 is 12.0 Å². The van der Waals surface area contributed by atoms with Crippen molar-refractivity contribution in [1.82, 2.24) is 10.2 Å². The zero-order chi connectivity index (χ0) is 27.5. The van der Waals surface area contributed by atoms with Crippen LogP contribution in [0, 0.1) is 5.92 Å². The number of rotatable bonds is 12. The van der Waals surface area contributed by atoms with Crippen LogP contribution in [0.25, 0.3) is 11.1 Å². The molecule has 3 aromatic rings. The van der Waals surface area contributed by atoms with Crippen molar-refractivity contribution in [3.63, 3.8) is 0 Å². The molecule has 38 heavy (non-hydrogen) atoms. The molecule has 0 aromatic heterocycles. The monoisotopic (exact) mass is 517 g/mol. The van der Waals surface area contributed by atoms with Crippen molar-refractivity contribution >= 4 is 17.9 Å². The van der Waals surface area contributed by atoms with Crippen molar-refractivity contribution in [2.75, 3.05) is 13.1 Å². The maximum atomic E-state index is 13.1. The Balaban J connectivity index is 1.61. The lowest BCUT2D eigenvalue weighted by Gasteiger charge is -2.28. The van der Waals surface area contributed by atoms with E-state index < -0.39 is 30.1 Å². The molecular formula is C30H35N3O5. The van der Waals surface area contributed by atoms with Crippen molar-refractivity contribution in [3.8, 4) is 11.1 Å². The van der Waals surface area contributed by atoms with E-state index in [0.717, 1.165) is 22.3 Å². The van der Waals surface area contributed by atoms with Gasteiger partial charge in [0.2, 0.25) is 5.91 Å². The van der Waals surface area contributed by atoms with E-state index in [2.05, 4.69) is 5.32 Å². The number of amides is 3. The van der Waals surface area contributed by atoms with Gasteiger partial charge in [0.15, 0.2) is 6.10 Å². The van der Waals surface area contributed by atoms with Gasteiger partial charge < -0.3 is 25.8 Å². The summed E-state index contributed by atoms with van der Waals surface area (Å²) in [5.41, 5.74) is 9.32. The number of aliphatic hydroxyl groups excluding tert-OH is 1. The lowest BCUT2D eigenvalue weighted by atomic mass is 10.0. The summed E-state index contributed by atoms with van der Waals surface area (Å²) < 4.78 is 5.19. The van der Waals surface area contributed by atoms with Crippen LogP contribution < -0.4 is 11.1 Å².